The van der Waals surface area contributed by atoms with Crippen molar-refractivity contribution in [3.8, 4) is 0 Å². The molecular weight excluding hydrogens is 248 g/mol. The van der Waals surface area contributed by atoms with Crippen LogP contribution in [0.4, 0.5) is 13.6 Å². The van der Waals surface area contributed by atoms with Crippen LogP contribution in [0.2, 0.25) is 0 Å². The summed E-state index contributed by atoms with van der Waals surface area (Å²) in [5.41, 5.74) is -0.740. The van der Waals surface area contributed by atoms with E-state index in [0.29, 0.717) is 0 Å². The lowest BCUT2D eigenvalue weighted by atomic mass is 10.2. The maximum absolute atomic E-state index is 13.6. The first-order valence-corrected chi connectivity index (χ1v) is 5.74. The average molecular weight is 267 g/mol. The number of alkyl halides is 2. The maximum Gasteiger partial charge on any atom is 0.410 e. The molecule has 106 valence electrons. The Morgan fingerprint density at radius 1 is 1.56 bits per heavy atom. The Hall–Kier alpha value is -0.950. The summed E-state index contributed by atoms with van der Waals surface area (Å²) in [7, 11) is 0. The van der Waals surface area contributed by atoms with Crippen LogP contribution in [0, 0.1) is 0 Å². The standard InChI is InChI=1S/C11H19F2NO4/c1-10(2,3)18-9(16)14-4-5-17-8(6-15)11(12,13)7-14/h8,15H,4-7H2,1-3H3. The van der Waals surface area contributed by atoms with Gasteiger partial charge in [0.2, 0.25) is 0 Å². The van der Waals surface area contributed by atoms with E-state index in [1.165, 1.54) is 0 Å². The molecule has 1 atom stereocenters. The molecule has 7 heteroatoms. The zero-order valence-electron chi connectivity index (χ0n) is 10.8. The Morgan fingerprint density at radius 2 is 2.17 bits per heavy atom. The van der Waals surface area contributed by atoms with Crippen LogP contribution in [0.25, 0.3) is 0 Å². The molecule has 0 aromatic rings. The van der Waals surface area contributed by atoms with E-state index in [9.17, 15) is 13.6 Å². The fourth-order valence-corrected chi connectivity index (χ4v) is 1.53. The Balaban J connectivity index is 2.71. The van der Waals surface area contributed by atoms with E-state index < -0.39 is 36.9 Å². The second kappa shape index (κ2) is 5.36. The summed E-state index contributed by atoms with van der Waals surface area (Å²) in [4.78, 5) is 12.6. The molecule has 1 N–H and O–H groups in total. The van der Waals surface area contributed by atoms with Gasteiger partial charge in [0.25, 0.3) is 5.92 Å². The van der Waals surface area contributed by atoms with Gasteiger partial charge in [-0.15, -0.1) is 0 Å². The van der Waals surface area contributed by atoms with Crippen molar-refractivity contribution in [2.24, 2.45) is 0 Å². The predicted octanol–water partition coefficient (Wildman–Crippen LogP) is 1.25. The number of nitrogens with zero attached hydrogens (tertiary/aromatic N) is 1. The highest BCUT2D eigenvalue weighted by Crippen LogP contribution is 2.26. The van der Waals surface area contributed by atoms with Crippen LogP contribution in [0.1, 0.15) is 20.8 Å². The summed E-state index contributed by atoms with van der Waals surface area (Å²) < 4.78 is 37.1. The minimum atomic E-state index is -3.29. The lowest BCUT2D eigenvalue weighted by Crippen LogP contribution is -2.47. The van der Waals surface area contributed by atoms with Crippen molar-refractivity contribution in [3.05, 3.63) is 0 Å². The Kier molecular flexibility index (Phi) is 4.50. The van der Waals surface area contributed by atoms with Crippen molar-refractivity contribution in [2.75, 3.05) is 26.3 Å². The van der Waals surface area contributed by atoms with Gasteiger partial charge in [-0.2, -0.15) is 0 Å². The zero-order chi connectivity index (χ0) is 14.0. The van der Waals surface area contributed by atoms with Crippen LogP contribution in [0.3, 0.4) is 0 Å². The third-order valence-corrected chi connectivity index (χ3v) is 2.37. The van der Waals surface area contributed by atoms with Gasteiger partial charge in [0.15, 0.2) is 0 Å². The lowest BCUT2D eigenvalue weighted by Gasteiger charge is -2.28. The normalized spacial score (nSPS) is 24.6. The molecule has 1 heterocycles. The minimum Gasteiger partial charge on any atom is -0.444 e. The molecule has 18 heavy (non-hydrogen) atoms. The number of rotatable bonds is 1. The number of carbonyl (C=O) groups excluding carboxylic acids is 1. The van der Waals surface area contributed by atoms with Crippen LogP contribution < -0.4 is 0 Å². The molecule has 1 aliphatic heterocycles. The van der Waals surface area contributed by atoms with E-state index in [-0.39, 0.29) is 13.2 Å². The quantitative estimate of drug-likeness (QED) is 0.776. The molecule has 0 aromatic heterocycles. The Labute approximate surface area is 105 Å². The highest BCUT2D eigenvalue weighted by atomic mass is 19.3. The predicted molar refractivity (Wildman–Crippen MR) is 59.6 cm³/mol. The van der Waals surface area contributed by atoms with Gasteiger partial charge in [-0.3, -0.25) is 4.90 Å². The molecule has 0 spiro atoms. The van der Waals surface area contributed by atoms with E-state index in [1.54, 1.807) is 20.8 Å². The van der Waals surface area contributed by atoms with Crippen molar-refractivity contribution < 1.29 is 28.2 Å². The minimum absolute atomic E-state index is 0.0149. The molecule has 0 saturated carbocycles. The first-order valence-electron chi connectivity index (χ1n) is 5.74. The summed E-state index contributed by atoms with van der Waals surface area (Å²) in [6.07, 6.45) is -2.38. The number of carbonyl (C=O) groups is 1. The molecule has 1 amide bonds. The molecule has 5 nitrogen and oxygen atoms in total. The van der Waals surface area contributed by atoms with Crippen molar-refractivity contribution in [3.63, 3.8) is 0 Å². The Morgan fingerprint density at radius 3 is 2.67 bits per heavy atom. The van der Waals surface area contributed by atoms with Gasteiger partial charge in [-0.25, -0.2) is 13.6 Å². The molecule has 0 radical (unpaired) electrons. The topological polar surface area (TPSA) is 59.0 Å². The van der Waals surface area contributed by atoms with E-state index in [4.69, 9.17) is 14.6 Å². The second-order valence-electron chi connectivity index (χ2n) is 5.20. The molecule has 1 aliphatic rings. The van der Waals surface area contributed by atoms with Crippen LogP contribution in [0.15, 0.2) is 0 Å². The lowest BCUT2D eigenvalue weighted by molar-refractivity contribution is -0.141. The highest BCUT2D eigenvalue weighted by Gasteiger charge is 2.45. The van der Waals surface area contributed by atoms with E-state index in [1.807, 2.05) is 0 Å². The van der Waals surface area contributed by atoms with Gasteiger partial charge >= 0.3 is 6.09 Å². The number of aliphatic hydroxyl groups excluding tert-OH is 1. The van der Waals surface area contributed by atoms with Crippen molar-refractivity contribution in [1.29, 1.82) is 0 Å². The number of hydrogen-bond acceptors (Lipinski definition) is 4. The average Bonchev–Trinajstić information content (AvgIpc) is 2.33. The third-order valence-electron chi connectivity index (χ3n) is 2.37. The zero-order valence-corrected chi connectivity index (χ0v) is 10.8. The molecule has 0 aliphatic carbocycles. The summed E-state index contributed by atoms with van der Waals surface area (Å²) in [6.45, 7) is 3.35. The summed E-state index contributed by atoms with van der Waals surface area (Å²) in [5.74, 6) is -3.29. The molecule has 0 bridgehead atoms. The first-order chi connectivity index (χ1) is 8.15. The SMILES string of the molecule is CC(C)(C)OC(=O)N1CCOC(CO)C(F)(F)C1. The molecule has 1 rings (SSSR count). The van der Waals surface area contributed by atoms with Gasteiger partial charge < -0.3 is 14.6 Å². The monoisotopic (exact) mass is 267 g/mol. The van der Waals surface area contributed by atoms with Crippen molar-refractivity contribution in [2.45, 2.75) is 38.4 Å². The molecule has 1 fully saturated rings. The van der Waals surface area contributed by atoms with Crippen molar-refractivity contribution in [1.82, 2.24) is 4.90 Å². The molecule has 0 aromatic carbocycles. The maximum atomic E-state index is 13.6. The van der Waals surface area contributed by atoms with Crippen LogP contribution in [-0.4, -0.2) is 60.0 Å². The number of ether oxygens (including phenoxy) is 2. The van der Waals surface area contributed by atoms with Gasteiger partial charge in [0.05, 0.1) is 19.8 Å². The van der Waals surface area contributed by atoms with Crippen LogP contribution in [0.5, 0.6) is 0 Å². The smallest absolute Gasteiger partial charge is 0.410 e. The van der Waals surface area contributed by atoms with Gasteiger partial charge in [0.1, 0.15) is 11.7 Å². The van der Waals surface area contributed by atoms with E-state index in [0.717, 1.165) is 4.90 Å². The summed E-state index contributed by atoms with van der Waals surface area (Å²) in [5, 5.41) is 8.82. The third kappa shape index (κ3) is 4.06. The molecular formula is C11H19F2NO4. The molecule has 1 saturated heterocycles. The van der Waals surface area contributed by atoms with Gasteiger partial charge in [-0.05, 0) is 20.8 Å². The fourth-order valence-electron chi connectivity index (χ4n) is 1.53. The summed E-state index contributed by atoms with van der Waals surface area (Å²) in [6, 6.07) is 0. The number of aliphatic hydroxyl groups is 1. The van der Waals surface area contributed by atoms with E-state index in [2.05, 4.69) is 0 Å². The number of amides is 1. The summed E-state index contributed by atoms with van der Waals surface area (Å²) >= 11 is 0. The second-order valence-corrected chi connectivity index (χ2v) is 5.20. The van der Waals surface area contributed by atoms with Crippen LogP contribution in [-0.2, 0) is 9.47 Å². The Bertz CT molecular complexity index is 304. The number of halogens is 2. The van der Waals surface area contributed by atoms with Gasteiger partial charge in [-0.1, -0.05) is 0 Å². The van der Waals surface area contributed by atoms with E-state index >= 15 is 0 Å². The molecule has 1 unspecified atom stereocenters. The first kappa shape index (κ1) is 15.1. The van der Waals surface area contributed by atoms with Crippen LogP contribution >= 0.6 is 0 Å². The number of hydrogen-bond donors (Lipinski definition) is 1. The largest absolute Gasteiger partial charge is 0.444 e. The van der Waals surface area contributed by atoms with Crippen molar-refractivity contribution >= 4 is 6.09 Å². The highest BCUT2D eigenvalue weighted by molar-refractivity contribution is 5.68. The fraction of sp³-hybridized carbons (Fsp3) is 0.909. The van der Waals surface area contributed by atoms with Gasteiger partial charge in [0, 0.05) is 6.54 Å².